The largest absolute Gasteiger partial charge is 0.472 e. The third-order valence-electron chi connectivity index (χ3n) is 10.6. The SMILES string of the molecule is CC/C=C\C/C=C\C/C=C\C/C=C\C[C@H](O)[C@@H](O)CCCC(=O)OC[C@H](COP(=O)(O)OC[C@@H](O)CO)OC(=O)CCCCCCCCCCCCCCCCCCCCC(C)C. The van der Waals surface area contributed by atoms with E-state index in [1.807, 2.05) is 18.2 Å². The molecule has 5 N–H and O–H groups in total. The second kappa shape index (κ2) is 43.7. The molecule has 0 aliphatic carbocycles. The number of carbonyl (C=O) groups is 2. The Hall–Kier alpha value is -2.15. The summed E-state index contributed by atoms with van der Waals surface area (Å²) >= 11 is 0. The highest BCUT2D eigenvalue weighted by atomic mass is 31.2. The van der Waals surface area contributed by atoms with Gasteiger partial charge in [0.05, 0.1) is 32.0 Å². The molecule has 0 bridgehead atoms. The summed E-state index contributed by atoms with van der Waals surface area (Å²) in [5.74, 6) is -0.376. The summed E-state index contributed by atoms with van der Waals surface area (Å²) < 4.78 is 32.6. The van der Waals surface area contributed by atoms with Crippen molar-refractivity contribution in [3.63, 3.8) is 0 Å². The van der Waals surface area contributed by atoms with Gasteiger partial charge >= 0.3 is 19.8 Å². The molecule has 12 nitrogen and oxygen atoms in total. The van der Waals surface area contributed by atoms with Gasteiger partial charge in [0.15, 0.2) is 6.10 Å². The van der Waals surface area contributed by atoms with Crippen molar-refractivity contribution in [1.82, 2.24) is 0 Å². The number of unbranched alkanes of at least 4 members (excludes halogenated alkanes) is 17. The zero-order chi connectivity index (χ0) is 46.7. The Labute approximate surface area is 382 Å². The van der Waals surface area contributed by atoms with Gasteiger partial charge in [-0.1, -0.05) is 185 Å². The molecule has 1 unspecified atom stereocenters. The number of aliphatic hydroxyl groups excluding tert-OH is 4. The molecule has 13 heteroatoms. The maximum atomic E-state index is 12.7. The Bertz CT molecular complexity index is 1240. The van der Waals surface area contributed by atoms with Gasteiger partial charge in [-0.3, -0.25) is 18.6 Å². The summed E-state index contributed by atoms with van der Waals surface area (Å²) in [6.45, 7) is 4.31. The van der Waals surface area contributed by atoms with Gasteiger partial charge in [-0.15, -0.1) is 0 Å². The molecule has 368 valence electrons. The van der Waals surface area contributed by atoms with E-state index in [1.165, 1.54) is 96.3 Å². The molecule has 0 saturated heterocycles. The van der Waals surface area contributed by atoms with Crippen LogP contribution in [0.15, 0.2) is 48.6 Å². The van der Waals surface area contributed by atoms with Crippen molar-refractivity contribution in [1.29, 1.82) is 0 Å². The molecule has 5 atom stereocenters. The third-order valence-corrected chi connectivity index (χ3v) is 11.6. The highest BCUT2D eigenvalue weighted by molar-refractivity contribution is 7.47. The number of phosphoric ester groups is 1. The fraction of sp³-hybridized carbons (Fsp3) is 0.800. The predicted molar refractivity (Wildman–Crippen MR) is 254 cm³/mol. The Balaban J connectivity index is 4.39. The van der Waals surface area contributed by atoms with Crippen LogP contribution < -0.4 is 0 Å². The first-order chi connectivity index (χ1) is 30.4. The number of phosphoric acid groups is 1. The Morgan fingerprint density at radius 2 is 0.984 bits per heavy atom. The highest BCUT2D eigenvalue weighted by Gasteiger charge is 2.27. The summed E-state index contributed by atoms with van der Waals surface area (Å²) in [7, 11) is -4.69. The average molecular weight is 915 g/mol. The molecule has 0 amide bonds. The van der Waals surface area contributed by atoms with E-state index in [2.05, 4.69) is 55.7 Å². The zero-order valence-corrected chi connectivity index (χ0v) is 40.6. The maximum absolute atomic E-state index is 12.7. The topological polar surface area (TPSA) is 189 Å². The number of rotatable bonds is 45. The van der Waals surface area contributed by atoms with Gasteiger partial charge in [0.1, 0.15) is 12.7 Å². The Morgan fingerprint density at radius 1 is 0.540 bits per heavy atom. The van der Waals surface area contributed by atoms with Gasteiger partial charge in [-0.25, -0.2) is 4.57 Å². The number of allylic oxidation sites excluding steroid dienone is 7. The van der Waals surface area contributed by atoms with Crippen LogP contribution in [0.5, 0.6) is 0 Å². The van der Waals surface area contributed by atoms with Crippen LogP contribution in [0, 0.1) is 5.92 Å². The van der Waals surface area contributed by atoms with Crippen LogP contribution in [0.4, 0.5) is 0 Å². The van der Waals surface area contributed by atoms with E-state index < -0.39 is 70.6 Å². The molecule has 0 rings (SSSR count). The maximum Gasteiger partial charge on any atom is 0.472 e. The minimum absolute atomic E-state index is 0.0745. The second-order valence-electron chi connectivity index (χ2n) is 17.3. The number of carbonyl (C=O) groups excluding carboxylic acids is 2. The molecule has 0 aliphatic rings. The van der Waals surface area contributed by atoms with Crippen molar-refractivity contribution in [3.8, 4) is 0 Å². The molecule has 0 fully saturated rings. The average Bonchev–Trinajstić information content (AvgIpc) is 3.25. The quantitative estimate of drug-likeness (QED) is 0.0168. The van der Waals surface area contributed by atoms with Gasteiger partial charge in [0.25, 0.3) is 0 Å². The predicted octanol–water partition coefficient (Wildman–Crippen LogP) is 11.5. The van der Waals surface area contributed by atoms with Crippen molar-refractivity contribution in [3.05, 3.63) is 48.6 Å². The molecule has 0 radical (unpaired) electrons. The van der Waals surface area contributed by atoms with E-state index in [0.717, 1.165) is 44.4 Å². The third kappa shape index (κ3) is 43.5. The molecule has 63 heavy (non-hydrogen) atoms. The first kappa shape index (κ1) is 60.9. The molecular formula is C50H91O12P. The fourth-order valence-corrected chi connectivity index (χ4v) is 7.53. The van der Waals surface area contributed by atoms with Crippen molar-refractivity contribution in [2.75, 3.05) is 26.4 Å². The van der Waals surface area contributed by atoms with Gasteiger partial charge < -0.3 is 34.8 Å². The van der Waals surface area contributed by atoms with Crippen molar-refractivity contribution in [2.24, 2.45) is 5.92 Å². The first-order valence-electron chi connectivity index (χ1n) is 24.6. The molecule has 0 spiro atoms. The molecule has 0 saturated carbocycles. The summed E-state index contributed by atoms with van der Waals surface area (Å²) in [5, 5.41) is 39.1. The smallest absolute Gasteiger partial charge is 0.462 e. The second-order valence-corrected chi connectivity index (χ2v) is 18.7. The van der Waals surface area contributed by atoms with E-state index in [0.29, 0.717) is 12.8 Å². The zero-order valence-electron chi connectivity index (χ0n) is 39.7. The van der Waals surface area contributed by atoms with Crippen molar-refractivity contribution >= 4 is 19.8 Å². The molecule has 0 heterocycles. The van der Waals surface area contributed by atoms with Crippen LogP contribution in [-0.4, -0.2) is 88.1 Å². The molecular weight excluding hydrogens is 824 g/mol. The van der Waals surface area contributed by atoms with E-state index in [9.17, 15) is 34.4 Å². The van der Waals surface area contributed by atoms with E-state index in [-0.39, 0.29) is 32.1 Å². The van der Waals surface area contributed by atoms with Crippen molar-refractivity contribution in [2.45, 2.75) is 225 Å². The summed E-state index contributed by atoms with van der Waals surface area (Å²) in [4.78, 5) is 35.2. The van der Waals surface area contributed by atoms with E-state index >= 15 is 0 Å². The number of aliphatic hydroxyl groups is 4. The Kier molecular flexibility index (Phi) is 42.2. The first-order valence-corrected chi connectivity index (χ1v) is 26.1. The lowest BCUT2D eigenvalue weighted by molar-refractivity contribution is -0.161. The lowest BCUT2D eigenvalue weighted by Crippen LogP contribution is -2.30. The molecule has 0 aromatic rings. The van der Waals surface area contributed by atoms with Gasteiger partial charge in [-0.2, -0.15) is 0 Å². The number of ether oxygens (including phenoxy) is 2. The van der Waals surface area contributed by atoms with E-state index in [4.69, 9.17) is 19.1 Å². The van der Waals surface area contributed by atoms with Crippen LogP contribution in [-0.2, 0) is 32.7 Å². The molecule has 0 aromatic carbocycles. The van der Waals surface area contributed by atoms with Crippen LogP contribution in [0.25, 0.3) is 0 Å². The minimum Gasteiger partial charge on any atom is -0.462 e. The lowest BCUT2D eigenvalue weighted by Gasteiger charge is -2.20. The normalized spacial score (nSPS) is 15.2. The summed E-state index contributed by atoms with van der Waals surface area (Å²) in [6, 6.07) is 0. The summed E-state index contributed by atoms with van der Waals surface area (Å²) in [6.07, 6.45) is 39.7. The van der Waals surface area contributed by atoms with Crippen molar-refractivity contribution < 1.29 is 58.0 Å². The minimum atomic E-state index is -4.69. The van der Waals surface area contributed by atoms with Crippen LogP contribution >= 0.6 is 7.82 Å². The standard InChI is InChI=1S/C50H91O12P/c1-4-5-6-7-8-9-10-20-23-26-29-32-36-47(53)48(54)37-34-39-49(55)59-42-46(43-61-63(57,58)60-41-45(52)40-51)62-50(56)38-33-30-27-24-21-18-16-14-12-11-13-15-17-19-22-25-28-31-35-44(2)3/h5-6,8-9,20,23,29,32,44-48,51-54H,4,7,10-19,21-22,24-28,30-31,33-43H2,1-3H3,(H,57,58)/b6-5-,9-8-,23-20-,32-29-/t45-,46+,47-,48-/m0/s1. The van der Waals surface area contributed by atoms with Gasteiger partial charge in [0.2, 0.25) is 0 Å². The van der Waals surface area contributed by atoms with E-state index in [1.54, 1.807) is 0 Å². The number of hydrogen-bond donors (Lipinski definition) is 5. The molecule has 0 aromatic heterocycles. The highest BCUT2D eigenvalue weighted by Crippen LogP contribution is 2.43. The van der Waals surface area contributed by atoms with Gasteiger partial charge in [0, 0.05) is 12.8 Å². The van der Waals surface area contributed by atoms with Gasteiger partial charge in [-0.05, 0) is 57.3 Å². The van der Waals surface area contributed by atoms with Crippen LogP contribution in [0.3, 0.4) is 0 Å². The molecule has 0 aliphatic heterocycles. The Morgan fingerprint density at radius 3 is 1.48 bits per heavy atom. The fourth-order valence-electron chi connectivity index (χ4n) is 6.74. The van der Waals surface area contributed by atoms with Crippen LogP contribution in [0.2, 0.25) is 0 Å². The van der Waals surface area contributed by atoms with Crippen LogP contribution in [0.1, 0.15) is 201 Å². The summed E-state index contributed by atoms with van der Waals surface area (Å²) in [5.41, 5.74) is 0. The number of hydrogen-bond acceptors (Lipinski definition) is 11. The monoisotopic (exact) mass is 915 g/mol. The number of esters is 2. The lowest BCUT2D eigenvalue weighted by atomic mass is 10.0.